The molecule has 27 heavy (non-hydrogen) atoms. The van der Waals surface area contributed by atoms with Gasteiger partial charge in [0.15, 0.2) is 6.61 Å². The second kappa shape index (κ2) is 7.95. The van der Waals surface area contributed by atoms with Crippen LogP contribution in [0.1, 0.15) is 16.7 Å². The Bertz CT molecular complexity index is 989. The summed E-state index contributed by atoms with van der Waals surface area (Å²) in [6, 6.07) is 11.0. The predicted octanol–water partition coefficient (Wildman–Crippen LogP) is 3.78. The molecule has 0 atom stereocenters. The monoisotopic (exact) mass is 367 g/mol. The Balaban J connectivity index is 1.57. The number of ether oxygens (including phenoxy) is 2. The minimum Gasteiger partial charge on any atom is -0.497 e. The average Bonchev–Trinajstić information content (AvgIpc) is 3.05. The molecule has 3 rings (SSSR count). The van der Waals surface area contributed by atoms with E-state index in [0.29, 0.717) is 22.6 Å². The third-order valence-corrected chi connectivity index (χ3v) is 4.44. The summed E-state index contributed by atoms with van der Waals surface area (Å²) >= 11 is 0. The number of carbonyl (C=O) groups excluding carboxylic acids is 2. The Morgan fingerprint density at radius 3 is 2.74 bits per heavy atom. The lowest BCUT2D eigenvalue weighted by molar-refractivity contribution is -0.146. The van der Waals surface area contributed by atoms with Crippen molar-refractivity contribution in [1.29, 1.82) is 0 Å². The molecule has 0 saturated heterocycles. The molecule has 0 bridgehead atoms. The van der Waals surface area contributed by atoms with Crippen molar-refractivity contribution in [3.63, 3.8) is 0 Å². The summed E-state index contributed by atoms with van der Waals surface area (Å²) in [5.74, 6) is -0.197. The van der Waals surface area contributed by atoms with Gasteiger partial charge in [-0.1, -0.05) is 12.1 Å². The van der Waals surface area contributed by atoms with Gasteiger partial charge >= 0.3 is 5.97 Å². The highest BCUT2D eigenvalue weighted by Crippen LogP contribution is 2.26. The van der Waals surface area contributed by atoms with Gasteiger partial charge in [0, 0.05) is 22.7 Å². The van der Waals surface area contributed by atoms with Crippen molar-refractivity contribution in [3.8, 4) is 5.75 Å². The molecule has 0 saturated carbocycles. The van der Waals surface area contributed by atoms with Crippen molar-refractivity contribution in [3.05, 3.63) is 59.4 Å². The van der Waals surface area contributed by atoms with Crippen molar-refractivity contribution in [1.82, 2.24) is 0 Å². The fourth-order valence-corrected chi connectivity index (χ4v) is 2.75. The molecule has 6 nitrogen and oxygen atoms in total. The summed E-state index contributed by atoms with van der Waals surface area (Å²) in [7, 11) is 1.58. The SMILES string of the molecule is COc1ccc2c(CC(=O)OCC(=O)Nc3cccc(C)c3C)coc2c1. The smallest absolute Gasteiger partial charge is 0.310 e. The lowest BCUT2D eigenvalue weighted by Gasteiger charge is -2.10. The Labute approximate surface area is 157 Å². The van der Waals surface area contributed by atoms with E-state index in [2.05, 4.69) is 5.32 Å². The maximum absolute atomic E-state index is 12.1. The molecule has 0 aliphatic carbocycles. The van der Waals surface area contributed by atoms with E-state index in [0.717, 1.165) is 16.5 Å². The number of amides is 1. The molecule has 0 aliphatic rings. The zero-order valence-electron chi connectivity index (χ0n) is 15.5. The number of benzene rings is 2. The van der Waals surface area contributed by atoms with Gasteiger partial charge in [0.25, 0.3) is 5.91 Å². The molecule has 0 radical (unpaired) electrons. The van der Waals surface area contributed by atoms with Gasteiger partial charge in [-0.15, -0.1) is 0 Å². The molecule has 6 heteroatoms. The van der Waals surface area contributed by atoms with Gasteiger partial charge in [-0.05, 0) is 43.2 Å². The normalized spacial score (nSPS) is 10.6. The van der Waals surface area contributed by atoms with Crippen molar-refractivity contribution in [2.45, 2.75) is 20.3 Å². The summed E-state index contributed by atoms with van der Waals surface area (Å²) in [6.07, 6.45) is 1.54. The number of rotatable bonds is 6. The maximum Gasteiger partial charge on any atom is 0.310 e. The molecule has 2 aromatic carbocycles. The zero-order valence-corrected chi connectivity index (χ0v) is 15.5. The molecule has 0 aliphatic heterocycles. The van der Waals surface area contributed by atoms with Crippen molar-refractivity contribution < 1.29 is 23.5 Å². The fraction of sp³-hybridized carbons (Fsp3) is 0.238. The van der Waals surface area contributed by atoms with Gasteiger partial charge in [0.2, 0.25) is 0 Å². The van der Waals surface area contributed by atoms with Crippen LogP contribution in [0.25, 0.3) is 11.0 Å². The number of esters is 1. The molecule has 140 valence electrons. The number of hydrogen-bond acceptors (Lipinski definition) is 5. The van der Waals surface area contributed by atoms with Crippen molar-refractivity contribution >= 4 is 28.5 Å². The molecule has 1 aromatic heterocycles. The number of methoxy groups -OCH3 is 1. The molecular weight excluding hydrogens is 346 g/mol. The molecule has 0 unspecified atom stereocenters. The summed E-state index contributed by atoms with van der Waals surface area (Å²) in [5.41, 5.74) is 4.11. The van der Waals surface area contributed by atoms with Crippen molar-refractivity contribution in [2.24, 2.45) is 0 Å². The molecule has 0 spiro atoms. The predicted molar refractivity (Wildman–Crippen MR) is 102 cm³/mol. The molecule has 1 heterocycles. The number of hydrogen-bond donors (Lipinski definition) is 1. The first-order chi connectivity index (χ1) is 13.0. The first kappa shape index (κ1) is 18.5. The van der Waals surface area contributed by atoms with Crippen LogP contribution in [0.2, 0.25) is 0 Å². The Morgan fingerprint density at radius 1 is 1.15 bits per heavy atom. The summed E-state index contributed by atoms with van der Waals surface area (Å²) in [5, 5.41) is 3.57. The summed E-state index contributed by atoms with van der Waals surface area (Å²) < 4.78 is 15.7. The van der Waals surface area contributed by atoms with Gasteiger partial charge in [0.1, 0.15) is 11.3 Å². The van der Waals surface area contributed by atoms with Gasteiger partial charge in [0.05, 0.1) is 19.8 Å². The van der Waals surface area contributed by atoms with E-state index in [1.54, 1.807) is 19.2 Å². The quantitative estimate of drug-likeness (QED) is 0.671. The third kappa shape index (κ3) is 4.28. The maximum atomic E-state index is 12.1. The zero-order chi connectivity index (χ0) is 19.4. The highest BCUT2D eigenvalue weighted by molar-refractivity contribution is 5.94. The summed E-state index contributed by atoms with van der Waals surface area (Å²) in [4.78, 5) is 24.1. The van der Waals surface area contributed by atoms with Crippen LogP contribution in [0.3, 0.4) is 0 Å². The van der Waals surface area contributed by atoms with Gasteiger partial charge in [-0.2, -0.15) is 0 Å². The molecular formula is C21H21NO5. The lowest BCUT2D eigenvalue weighted by atomic mass is 10.1. The standard InChI is InChI=1S/C21H21NO5/c1-13-5-4-6-18(14(13)2)22-20(23)12-27-21(24)9-15-11-26-19-10-16(25-3)7-8-17(15)19/h4-8,10-11H,9,12H2,1-3H3,(H,22,23). The second-order valence-corrected chi connectivity index (χ2v) is 6.26. The number of furan rings is 1. The van der Waals surface area contributed by atoms with E-state index in [1.807, 2.05) is 38.1 Å². The first-order valence-electron chi connectivity index (χ1n) is 8.53. The third-order valence-electron chi connectivity index (χ3n) is 4.44. The van der Waals surface area contributed by atoms with Crippen LogP contribution < -0.4 is 10.1 Å². The molecule has 1 amide bonds. The van der Waals surface area contributed by atoms with Gasteiger partial charge in [-0.25, -0.2) is 0 Å². The van der Waals surface area contributed by atoms with Crippen LogP contribution in [0, 0.1) is 13.8 Å². The minimum atomic E-state index is -0.496. The highest BCUT2D eigenvalue weighted by Gasteiger charge is 2.14. The first-order valence-corrected chi connectivity index (χ1v) is 8.53. The van der Waals surface area contributed by atoms with E-state index in [1.165, 1.54) is 6.26 Å². The topological polar surface area (TPSA) is 77.8 Å². The van der Waals surface area contributed by atoms with E-state index >= 15 is 0 Å². The molecule has 1 N–H and O–H groups in total. The van der Waals surface area contributed by atoms with E-state index in [9.17, 15) is 9.59 Å². The molecule has 3 aromatic rings. The van der Waals surface area contributed by atoms with Gasteiger partial charge < -0.3 is 19.2 Å². The fourth-order valence-electron chi connectivity index (χ4n) is 2.75. The van der Waals surface area contributed by atoms with Crippen LogP contribution in [0.4, 0.5) is 5.69 Å². The summed E-state index contributed by atoms with van der Waals surface area (Å²) in [6.45, 7) is 3.56. The Morgan fingerprint density at radius 2 is 1.96 bits per heavy atom. The minimum absolute atomic E-state index is 0.0239. The lowest BCUT2D eigenvalue weighted by Crippen LogP contribution is -2.22. The highest BCUT2D eigenvalue weighted by atomic mass is 16.5. The van der Waals surface area contributed by atoms with E-state index in [-0.39, 0.29) is 18.9 Å². The number of aryl methyl sites for hydroxylation is 1. The Hall–Kier alpha value is -3.28. The van der Waals surface area contributed by atoms with Crippen molar-refractivity contribution in [2.75, 3.05) is 19.0 Å². The van der Waals surface area contributed by atoms with E-state index in [4.69, 9.17) is 13.9 Å². The van der Waals surface area contributed by atoms with Crippen LogP contribution in [0.5, 0.6) is 5.75 Å². The molecule has 0 fully saturated rings. The van der Waals surface area contributed by atoms with E-state index < -0.39 is 5.97 Å². The largest absolute Gasteiger partial charge is 0.497 e. The van der Waals surface area contributed by atoms with Crippen LogP contribution in [0.15, 0.2) is 47.1 Å². The van der Waals surface area contributed by atoms with Crippen LogP contribution in [-0.4, -0.2) is 25.6 Å². The number of nitrogens with one attached hydrogen (secondary N) is 1. The number of fused-ring (bicyclic) bond motifs is 1. The number of carbonyl (C=O) groups is 2. The van der Waals surface area contributed by atoms with Crippen LogP contribution in [-0.2, 0) is 20.7 Å². The average molecular weight is 367 g/mol. The number of anilines is 1. The van der Waals surface area contributed by atoms with Crippen LogP contribution >= 0.6 is 0 Å². The van der Waals surface area contributed by atoms with Gasteiger partial charge in [-0.3, -0.25) is 9.59 Å². The second-order valence-electron chi connectivity index (χ2n) is 6.26. The Kier molecular flexibility index (Phi) is 5.45.